The zero-order chi connectivity index (χ0) is 35.6. The summed E-state index contributed by atoms with van der Waals surface area (Å²) >= 11 is 0. The van der Waals surface area contributed by atoms with Gasteiger partial charge in [-0.25, -0.2) is 0 Å². The minimum atomic E-state index is -0.288. The molecule has 2 aromatic heterocycles. The molecule has 1 atom stereocenters. The number of rotatable bonds is 5. The maximum absolute atomic E-state index is 6.72. The standard InChI is InChI=1S/C50H33N3O/c1-4-13-32(14-5-1)35-23-26-38-39-27-24-36(33-15-6-2-7-16-33)30-45(39)53(44(38)29-35)37-25-28-41-47(31-37)54-46-22-12-20-42(48(41)46)50-51-43-21-11-10-19-40(43)49(52-50)34-17-8-3-9-18-34/h1-31,50,52H. The number of fused-ring (bicyclic) bond motifs is 7. The van der Waals surface area contributed by atoms with Gasteiger partial charge in [-0.2, -0.15) is 0 Å². The van der Waals surface area contributed by atoms with Crippen molar-refractivity contribution >= 4 is 49.4 Å². The summed E-state index contributed by atoms with van der Waals surface area (Å²) in [6.07, 6.45) is -0.288. The van der Waals surface area contributed by atoms with Crippen LogP contribution in [0.3, 0.4) is 0 Å². The van der Waals surface area contributed by atoms with Gasteiger partial charge in [0.2, 0.25) is 0 Å². The van der Waals surface area contributed by atoms with Crippen LogP contribution < -0.4 is 15.9 Å². The molecule has 4 heteroatoms. The predicted octanol–water partition coefficient (Wildman–Crippen LogP) is 11.1. The van der Waals surface area contributed by atoms with Gasteiger partial charge in [0.25, 0.3) is 0 Å². The summed E-state index contributed by atoms with van der Waals surface area (Å²) in [4.78, 5) is 5.24. The second-order valence-corrected chi connectivity index (χ2v) is 14.0. The van der Waals surface area contributed by atoms with E-state index in [4.69, 9.17) is 9.41 Å². The van der Waals surface area contributed by atoms with Crippen LogP contribution in [-0.4, -0.2) is 4.57 Å². The third-order valence-corrected chi connectivity index (χ3v) is 10.8. The van der Waals surface area contributed by atoms with Crippen molar-refractivity contribution in [2.24, 2.45) is 4.99 Å². The van der Waals surface area contributed by atoms with Crippen LogP contribution in [-0.2, 0) is 0 Å². The van der Waals surface area contributed by atoms with Gasteiger partial charge in [-0.05, 0) is 64.2 Å². The van der Waals surface area contributed by atoms with Crippen LogP contribution in [0.25, 0.3) is 77.4 Å². The Morgan fingerprint density at radius 2 is 1.06 bits per heavy atom. The van der Waals surface area contributed by atoms with E-state index in [1.165, 1.54) is 33.0 Å². The lowest BCUT2D eigenvalue weighted by atomic mass is 10.0. The number of furan rings is 1. The van der Waals surface area contributed by atoms with Crippen LogP contribution in [0.1, 0.15) is 17.3 Å². The van der Waals surface area contributed by atoms with Crippen LogP contribution >= 0.6 is 0 Å². The topological polar surface area (TPSA) is 42.5 Å². The van der Waals surface area contributed by atoms with Crippen LogP contribution in [0.4, 0.5) is 0 Å². The molecule has 0 spiro atoms. The number of nitrogens with one attached hydrogen (secondary N) is 1. The van der Waals surface area contributed by atoms with E-state index in [0.717, 1.165) is 66.1 Å². The highest BCUT2D eigenvalue weighted by Crippen LogP contribution is 2.40. The fourth-order valence-corrected chi connectivity index (χ4v) is 8.30. The number of aromatic nitrogens is 1. The first-order valence-electron chi connectivity index (χ1n) is 18.4. The van der Waals surface area contributed by atoms with E-state index in [9.17, 15) is 0 Å². The van der Waals surface area contributed by atoms with Crippen molar-refractivity contribution < 1.29 is 4.42 Å². The molecule has 0 saturated heterocycles. The number of benzene rings is 8. The second kappa shape index (κ2) is 12.2. The van der Waals surface area contributed by atoms with Gasteiger partial charge in [-0.1, -0.05) is 146 Å². The van der Waals surface area contributed by atoms with Crippen molar-refractivity contribution in [3.05, 3.63) is 210 Å². The molecule has 54 heavy (non-hydrogen) atoms. The molecule has 0 aliphatic carbocycles. The van der Waals surface area contributed by atoms with Gasteiger partial charge < -0.3 is 14.3 Å². The number of para-hydroxylation sites is 1. The number of hydrogen-bond acceptors (Lipinski definition) is 3. The third kappa shape index (κ3) is 4.88. The van der Waals surface area contributed by atoms with E-state index in [0.29, 0.717) is 0 Å². The van der Waals surface area contributed by atoms with Gasteiger partial charge in [-0.3, -0.25) is 4.99 Å². The minimum Gasteiger partial charge on any atom is -0.456 e. The number of hydrogen-bond donors (Lipinski definition) is 1. The molecule has 0 amide bonds. The molecule has 10 aromatic rings. The lowest BCUT2D eigenvalue weighted by Gasteiger charge is -2.23. The fraction of sp³-hybridized carbons (Fsp3) is 0.0200. The molecule has 0 saturated carbocycles. The Bertz CT molecular complexity index is 3080. The average Bonchev–Trinajstić information content (AvgIpc) is 3.78. The molecule has 4 nitrogen and oxygen atoms in total. The van der Waals surface area contributed by atoms with Crippen molar-refractivity contribution in [2.45, 2.75) is 6.17 Å². The molecule has 1 N–H and O–H groups in total. The van der Waals surface area contributed by atoms with Gasteiger partial charge in [-0.15, -0.1) is 0 Å². The summed E-state index contributed by atoms with van der Waals surface area (Å²) in [5.74, 6) is 0. The summed E-state index contributed by atoms with van der Waals surface area (Å²) in [6, 6.07) is 66.7. The normalized spacial score (nSPS) is 14.0. The summed E-state index contributed by atoms with van der Waals surface area (Å²) in [6.45, 7) is 0. The minimum absolute atomic E-state index is 0.288. The molecule has 0 bridgehead atoms. The van der Waals surface area contributed by atoms with Crippen LogP contribution in [0.15, 0.2) is 197 Å². The monoisotopic (exact) mass is 691 g/mol. The maximum atomic E-state index is 6.72. The van der Waals surface area contributed by atoms with Crippen molar-refractivity contribution in [3.63, 3.8) is 0 Å². The summed E-state index contributed by atoms with van der Waals surface area (Å²) < 4.78 is 9.12. The van der Waals surface area contributed by atoms with Crippen molar-refractivity contribution in [1.29, 1.82) is 0 Å². The van der Waals surface area contributed by atoms with E-state index in [1.54, 1.807) is 0 Å². The Kier molecular flexibility index (Phi) is 6.89. The van der Waals surface area contributed by atoms with Gasteiger partial charge in [0.15, 0.2) is 0 Å². The van der Waals surface area contributed by atoms with Gasteiger partial charge in [0.1, 0.15) is 17.3 Å². The fourth-order valence-electron chi connectivity index (χ4n) is 8.30. The lowest BCUT2D eigenvalue weighted by molar-refractivity contribution is 0.636. The second-order valence-electron chi connectivity index (χ2n) is 14.0. The smallest absolute Gasteiger partial charge is 0.146 e. The number of nitrogens with zero attached hydrogens (tertiary/aromatic N) is 2. The predicted molar refractivity (Wildman–Crippen MR) is 221 cm³/mol. The van der Waals surface area contributed by atoms with Crippen molar-refractivity contribution in [2.75, 3.05) is 0 Å². The Balaban J connectivity index is 1.10. The van der Waals surface area contributed by atoms with Crippen LogP contribution in [0.2, 0.25) is 0 Å². The Morgan fingerprint density at radius 1 is 0.463 bits per heavy atom. The van der Waals surface area contributed by atoms with E-state index in [2.05, 4.69) is 198 Å². The largest absolute Gasteiger partial charge is 0.456 e. The maximum Gasteiger partial charge on any atom is 0.146 e. The quantitative estimate of drug-likeness (QED) is 0.195. The Hall–Kier alpha value is -7.17. The molecule has 3 heterocycles. The first-order valence-corrected chi connectivity index (χ1v) is 18.4. The third-order valence-electron chi connectivity index (χ3n) is 10.8. The van der Waals surface area contributed by atoms with Crippen molar-refractivity contribution in [3.8, 4) is 27.9 Å². The zero-order valence-corrected chi connectivity index (χ0v) is 29.3. The van der Waals surface area contributed by atoms with Gasteiger partial charge >= 0.3 is 0 Å². The molecule has 0 fully saturated rings. The average molecular weight is 692 g/mol. The first-order chi connectivity index (χ1) is 26.8. The SMILES string of the molecule is c1ccc(C2=c3ccccc3=NC(c3cccc4oc5cc(-n6c7cc(-c8ccccc8)ccc7c7ccc(-c8ccccc8)cc76)ccc5c34)N2)cc1. The summed E-state index contributed by atoms with van der Waals surface area (Å²) in [5.41, 5.74) is 13.1. The molecule has 1 aliphatic rings. The zero-order valence-electron chi connectivity index (χ0n) is 29.3. The molecular weight excluding hydrogens is 659 g/mol. The first kappa shape index (κ1) is 30.5. The molecule has 0 radical (unpaired) electrons. The van der Waals surface area contributed by atoms with E-state index >= 15 is 0 Å². The highest BCUT2D eigenvalue weighted by atomic mass is 16.3. The Labute approximate surface area is 311 Å². The molecule has 254 valence electrons. The molecule has 1 unspecified atom stereocenters. The summed E-state index contributed by atoms with van der Waals surface area (Å²) in [5, 5.41) is 10.5. The van der Waals surface area contributed by atoms with Gasteiger partial charge in [0.05, 0.1) is 22.1 Å². The van der Waals surface area contributed by atoms with E-state index in [-0.39, 0.29) is 6.17 Å². The molecule has 11 rings (SSSR count). The van der Waals surface area contributed by atoms with E-state index < -0.39 is 0 Å². The van der Waals surface area contributed by atoms with E-state index in [1.807, 2.05) is 0 Å². The molecular formula is C50H33N3O. The van der Waals surface area contributed by atoms with Crippen molar-refractivity contribution in [1.82, 2.24) is 9.88 Å². The molecule has 1 aliphatic heterocycles. The van der Waals surface area contributed by atoms with Gasteiger partial charge in [0, 0.05) is 44.1 Å². The highest BCUT2D eigenvalue weighted by molar-refractivity contribution is 6.12. The molecule has 8 aromatic carbocycles. The van der Waals surface area contributed by atoms with Crippen LogP contribution in [0, 0.1) is 0 Å². The Morgan fingerprint density at radius 3 is 1.72 bits per heavy atom. The summed E-state index contributed by atoms with van der Waals surface area (Å²) in [7, 11) is 0. The lowest BCUT2D eigenvalue weighted by Crippen LogP contribution is -2.39. The van der Waals surface area contributed by atoms with Crippen LogP contribution in [0.5, 0.6) is 0 Å². The highest BCUT2D eigenvalue weighted by Gasteiger charge is 2.23.